The van der Waals surface area contributed by atoms with Gasteiger partial charge >= 0.3 is 0 Å². The van der Waals surface area contributed by atoms with Crippen molar-refractivity contribution in [2.75, 3.05) is 11.8 Å². The van der Waals surface area contributed by atoms with E-state index in [0.29, 0.717) is 17.3 Å². The summed E-state index contributed by atoms with van der Waals surface area (Å²) in [6.07, 6.45) is 0. The van der Waals surface area contributed by atoms with Gasteiger partial charge in [-0.25, -0.2) is 0 Å². The minimum Gasteiger partial charge on any atom is -0.127 e. The van der Waals surface area contributed by atoms with Crippen LogP contribution in [0.4, 0.5) is 0 Å². The second kappa shape index (κ2) is 3.97. The molecule has 0 atom stereocenters. The van der Waals surface area contributed by atoms with Gasteiger partial charge in [-0.3, -0.25) is 0 Å². The zero-order chi connectivity index (χ0) is 4.99. The molecule has 0 saturated carbocycles. The van der Waals surface area contributed by atoms with E-state index in [1.165, 1.54) is 0 Å². The molecule has 0 bridgehead atoms. The zero-order valence-electron chi connectivity index (χ0n) is 3.45. The van der Waals surface area contributed by atoms with Gasteiger partial charge in [-0.15, -0.1) is 23.2 Å². The first kappa shape index (κ1) is 6.80. The Morgan fingerprint density at radius 2 is 1.67 bits per heavy atom. The molecule has 1 radical (unpaired) electrons. The van der Waals surface area contributed by atoms with Crippen LogP contribution in [0.15, 0.2) is 0 Å². The summed E-state index contributed by atoms with van der Waals surface area (Å²) in [5, 5.41) is 0. The summed E-state index contributed by atoms with van der Waals surface area (Å²) in [6, 6.07) is 0. The van der Waals surface area contributed by atoms with E-state index in [-0.39, 0.29) is 0 Å². The Bertz CT molecular complexity index is 28.0. The third-order valence-corrected chi connectivity index (χ3v) is 2.62. The lowest BCUT2D eigenvalue weighted by atomic mass is 10.5. The molecule has 0 amide bonds. The van der Waals surface area contributed by atoms with Gasteiger partial charge in [0, 0.05) is 22.0 Å². The van der Waals surface area contributed by atoms with Crippen LogP contribution in [0.25, 0.3) is 0 Å². The first-order valence-electron chi connectivity index (χ1n) is 1.76. The molecule has 0 aliphatic carbocycles. The Balaban J connectivity index is 2.75. The monoisotopic (exact) mass is 141 g/mol. The minimum atomic E-state index is 0.494. The number of alkyl halides is 2. The highest BCUT2D eigenvalue weighted by Crippen LogP contribution is 2.01. The number of hydrogen-bond acceptors (Lipinski definition) is 0. The van der Waals surface area contributed by atoms with Gasteiger partial charge < -0.3 is 0 Å². The Morgan fingerprint density at radius 3 is 1.67 bits per heavy atom. The first-order chi connectivity index (χ1) is 2.81. The molecule has 0 aromatic carbocycles. The highest BCUT2D eigenvalue weighted by atomic mass is 35.5. The molecule has 6 heavy (non-hydrogen) atoms. The van der Waals surface area contributed by atoms with E-state index in [9.17, 15) is 0 Å². The quantitative estimate of drug-likeness (QED) is 0.396. The van der Waals surface area contributed by atoms with E-state index in [4.69, 9.17) is 23.2 Å². The molecule has 0 nitrogen and oxygen atoms in total. The Kier molecular flexibility index (Phi) is 4.50. The van der Waals surface area contributed by atoms with Crippen molar-refractivity contribution in [2.45, 2.75) is 5.54 Å². The molecule has 0 saturated heterocycles. The topological polar surface area (TPSA) is 0 Å². The van der Waals surface area contributed by atoms with Crippen LogP contribution in [0.3, 0.4) is 0 Å². The lowest BCUT2D eigenvalue weighted by molar-refractivity contribution is 1.10. The van der Waals surface area contributed by atoms with Crippen LogP contribution in [0.1, 0.15) is 0 Å². The second-order valence-electron chi connectivity index (χ2n) is 1.17. The average Bonchev–Trinajstić information content (AvgIpc) is 1.65. The third kappa shape index (κ3) is 3.01. The predicted molar refractivity (Wildman–Crippen MR) is 33.7 cm³/mol. The molecule has 0 aromatic heterocycles. The van der Waals surface area contributed by atoms with Crippen LogP contribution in [0, 0.1) is 0 Å². The van der Waals surface area contributed by atoms with Crippen LogP contribution in [0.5, 0.6) is 0 Å². The predicted octanol–water partition coefficient (Wildman–Crippen LogP) is 0.886. The summed E-state index contributed by atoms with van der Waals surface area (Å²) in [5.41, 5.74) is 0.494. The van der Waals surface area contributed by atoms with Crippen LogP contribution in [-0.2, 0) is 0 Å². The molecule has 3 heteroatoms. The van der Waals surface area contributed by atoms with Gasteiger partial charge in [0.25, 0.3) is 0 Å². The molecule has 0 unspecified atom stereocenters. The first-order valence-corrected chi connectivity index (χ1v) is 3.64. The van der Waals surface area contributed by atoms with Gasteiger partial charge in [-0.2, -0.15) is 0 Å². The molecular weight excluding hydrogens is 135 g/mol. The maximum absolute atomic E-state index is 5.37. The summed E-state index contributed by atoms with van der Waals surface area (Å²) >= 11 is 10.7. The molecular formula is C3H7Cl2Si. The molecule has 0 heterocycles. The van der Waals surface area contributed by atoms with E-state index >= 15 is 0 Å². The maximum atomic E-state index is 5.37. The molecule has 0 fully saturated rings. The molecule has 0 aliphatic heterocycles. The third-order valence-electron chi connectivity index (χ3n) is 0.436. The normalized spacial score (nSPS) is 10.0. The van der Waals surface area contributed by atoms with Gasteiger partial charge in [0.2, 0.25) is 0 Å². The molecule has 37 valence electrons. The average molecular weight is 142 g/mol. The molecule has 0 rings (SSSR count). The lowest BCUT2D eigenvalue weighted by Gasteiger charge is -1.95. The fourth-order valence-electron chi connectivity index (χ4n) is 0.0412. The van der Waals surface area contributed by atoms with E-state index < -0.39 is 0 Å². The summed E-state index contributed by atoms with van der Waals surface area (Å²) in [6.45, 7) is 0. The van der Waals surface area contributed by atoms with E-state index in [0.717, 1.165) is 0 Å². The van der Waals surface area contributed by atoms with Gasteiger partial charge in [0.1, 0.15) is 0 Å². The maximum Gasteiger partial charge on any atom is 0.0231 e. The van der Waals surface area contributed by atoms with Crippen molar-refractivity contribution in [1.29, 1.82) is 0 Å². The van der Waals surface area contributed by atoms with Crippen molar-refractivity contribution >= 4 is 33.4 Å². The van der Waals surface area contributed by atoms with Crippen molar-refractivity contribution in [3.63, 3.8) is 0 Å². The number of rotatable bonds is 2. The number of halogens is 2. The smallest absolute Gasteiger partial charge is 0.0231 e. The number of hydrogen-bond donors (Lipinski definition) is 0. The Labute approximate surface area is 51.2 Å². The van der Waals surface area contributed by atoms with Crippen LogP contribution < -0.4 is 0 Å². The van der Waals surface area contributed by atoms with E-state index in [1.807, 2.05) is 10.2 Å². The largest absolute Gasteiger partial charge is 0.127 e. The fraction of sp³-hybridized carbons (Fsp3) is 1.00. The van der Waals surface area contributed by atoms with Crippen molar-refractivity contribution in [3.05, 3.63) is 0 Å². The second-order valence-corrected chi connectivity index (χ2v) is 2.95. The van der Waals surface area contributed by atoms with Crippen LogP contribution in [0.2, 0.25) is 5.54 Å². The highest BCUT2D eigenvalue weighted by Gasteiger charge is 1.92. The van der Waals surface area contributed by atoms with Crippen molar-refractivity contribution < 1.29 is 0 Å². The van der Waals surface area contributed by atoms with Crippen molar-refractivity contribution in [2.24, 2.45) is 0 Å². The van der Waals surface area contributed by atoms with Crippen molar-refractivity contribution in [3.8, 4) is 0 Å². The van der Waals surface area contributed by atoms with Gasteiger partial charge in [0.05, 0.1) is 0 Å². The van der Waals surface area contributed by atoms with Gasteiger partial charge in [0.15, 0.2) is 0 Å². The lowest BCUT2D eigenvalue weighted by Crippen LogP contribution is -1.92. The standard InChI is InChI=1S/C3H7Cl2Si/c4-1-3(6)2-5/h3H,1-2,6H2. The van der Waals surface area contributed by atoms with Gasteiger partial charge in [-0.1, -0.05) is 0 Å². The van der Waals surface area contributed by atoms with E-state index in [1.54, 1.807) is 0 Å². The van der Waals surface area contributed by atoms with Crippen molar-refractivity contribution in [1.82, 2.24) is 0 Å². The molecule has 0 spiro atoms. The zero-order valence-corrected chi connectivity index (χ0v) is 6.38. The fourth-order valence-corrected chi connectivity index (χ4v) is 0.371. The molecule has 0 aromatic rings. The van der Waals surface area contributed by atoms with Crippen LogP contribution in [-0.4, -0.2) is 22.0 Å². The summed E-state index contributed by atoms with van der Waals surface area (Å²) in [5.74, 6) is 1.36. The highest BCUT2D eigenvalue weighted by molar-refractivity contribution is 6.28. The van der Waals surface area contributed by atoms with Gasteiger partial charge in [-0.05, 0) is 5.54 Å². The molecule has 0 N–H and O–H groups in total. The SMILES string of the molecule is [SiH2]C(CCl)CCl. The summed E-state index contributed by atoms with van der Waals surface area (Å²) in [4.78, 5) is 0. The Hall–Kier alpha value is 0.797. The summed E-state index contributed by atoms with van der Waals surface area (Å²) < 4.78 is 0. The summed E-state index contributed by atoms with van der Waals surface area (Å²) in [7, 11) is 1.84. The van der Waals surface area contributed by atoms with Crippen LogP contribution >= 0.6 is 23.2 Å². The van der Waals surface area contributed by atoms with E-state index in [2.05, 4.69) is 0 Å². The Morgan fingerprint density at radius 1 is 1.33 bits per heavy atom. The minimum absolute atomic E-state index is 0.494. The molecule has 0 aliphatic rings.